The van der Waals surface area contributed by atoms with Gasteiger partial charge in [-0.15, -0.1) is 0 Å². The maximum absolute atomic E-state index is 12.6. The molecule has 1 amide bonds. The summed E-state index contributed by atoms with van der Waals surface area (Å²) in [6.45, 7) is 3.44. The number of hydrogen-bond donors (Lipinski definition) is 1. The van der Waals surface area contributed by atoms with Crippen LogP contribution in [0.25, 0.3) is 0 Å². The van der Waals surface area contributed by atoms with Gasteiger partial charge in [-0.05, 0) is 39.0 Å². The summed E-state index contributed by atoms with van der Waals surface area (Å²) in [5, 5.41) is 3.41. The highest BCUT2D eigenvalue weighted by molar-refractivity contribution is 5.76. The van der Waals surface area contributed by atoms with Crippen molar-refractivity contribution in [2.75, 3.05) is 33.7 Å². The van der Waals surface area contributed by atoms with Crippen LogP contribution in [-0.2, 0) is 11.3 Å². The van der Waals surface area contributed by atoms with Crippen LogP contribution < -0.4 is 5.32 Å². The molecule has 1 aromatic carbocycles. The Bertz CT molecular complexity index is 427. The summed E-state index contributed by atoms with van der Waals surface area (Å²) in [5.41, 5.74) is 1.20. The molecule has 0 saturated carbocycles. The molecule has 0 aliphatic carbocycles. The first-order valence-corrected chi connectivity index (χ1v) is 7.85. The largest absolute Gasteiger partial charge is 0.337 e. The number of hydrogen-bond acceptors (Lipinski definition) is 3. The van der Waals surface area contributed by atoms with Gasteiger partial charge in [0.15, 0.2) is 0 Å². The van der Waals surface area contributed by atoms with E-state index in [-0.39, 0.29) is 5.91 Å². The number of carbonyl (C=O) groups excluding carboxylic acids is 1. The average Bonchev–Trinajstić information content (AvgIpc) is 2.97. The average molecular weight is 289 g/mol. The van der Waals surface area contributed by atoms with Crippen LogP contribution in [0.1, 0.15) is 24.8 Å². The quantitative estimate of drug-likeness (QED) is 0.830. The summed E-state index contributed by atoms with van der Waals surface area (Å²) < 4.78 is 0. The van der Waals surface area contributed by atoms with Crippen molar-refractivity contribution in [1.29, 1.82) is 0 Å². The molecular weight excluding hydrogens is 262 g/mol. The van der Waals surface area contributed by atoms with E-state index >= 15 is 0 Å². The van der Waals surface area contributed by atoms with Gasteiger partial charge in [-0.2, -0.15) is 0 Å². The van der Waals surface area contributed by atoms with Crippen molar-refractivity contribution < 1.29 is 4.79 Å². The van der Waals surface area contributed by atoms with Crippen molar-refractivity contribution in [2.24, 2.45) is 0 Å². The van der Waals surface area contributed by atoms with E-state index in [1.807, 2.05) is 37.2 Å². The molecule has 2 rings (SSSR count). The van der Waals surface area contributed by atoms with Gasteiger partial charge in [-0.3, -0.25) is 4.79 Å². The highest BCUT2D eigenvalue weighted by Crippen LogP contribution is 2.12. The molecule has 1 saturated heterocycles. The lowest BCUT2D eigenvalue weighted by molar-refractivity contribution is -0.132. The molecule has 1 atom stereocenters. The molecule has 1 aromatic rings. The first-order valence-electron chi connectivity index (χ1n) is 7.85. The van der Waals surface area contributed by atoms with Gasteiger partial charge in [-0.1, -0.05) is 30.3 Å². The number of likely N-dealkylation sites (N-methyl/N-ethyl adjacent to an activating group) is 1. The standard InChI is InChI=1S/C17H27N3O/c1-19(2)11-12-20(14-15-7-4-3-5-8-15)17(21)13-16-9-6-10-18-16/h3-5,7-8,16,18H,6,9-14H2,1-2H3. The number of nitrogens with one attached hydrogen (secondary N) is 1. The molecule has 4 heteroatoms. The normalized spacial score (nSPS) is 18.1. The highest BCUT2D eigenvalue weighted by atomic mass is 16.2. The van der Waals surface area contributed by atoms with E-state index in [0.717, 1.165) is 26.1 Å². The van der Waals surface area contributed by atoms with Crippen LogP contribution in [0.3, 0.4) is 0 Å². The minimum atomic E-state index is 0.264. The zero-order chi connectivity index (χ0) is 15.1. The molecule has 0 spiro atoms. The van der Waals surface area contributed by atoms with Gasteiger partial charge in [0.1, 0.15) is 0 Å². The van der Waals surface area contributed by atoms with Crippen LogP contribution in [0.4, 0.5) is 0 Å². The first-order chi connectivity index (χ1) is 10.1. The fourth-order valence-electron chi connectivity index (χ4n) is 2.69. The number of rotatable bonds is 7. The fraction of sp³-hybridized carbons (Fsp3) is 0.588. The van der Waals surface area contributed by atoms with E-state index in [1.165, 1.54) is 12.0 Å². The minimum absolute atomic E-state index is 0.264. The lowest BCUT2D eigenvalue weighted by Gasteiger charge is -2.26. The van der Waals surface area contributed by atoms with Crippen LogP contribution in [0.15, 0.2) is 30.3 Å². The minimum Gasteiger partial charge on any atom is -0.337 e. The monoisotopic (exact) mass is 289 g/mol. The van der Waals surface area contributed by atoms with Gasteiger partial charge in [-0.25, -0.2) is 0 Å². The molecule has 1 fully saturated rings. The smallest absolute Gasteiger partial charge is 0.224 e. The lowest BCUT2D eigenvalue weighted by atomic mass is 10.1. The molecular formula is C17H27N3O. The molecule has 0 aromatic heterocycles. The Morgan fingerprint density at radius 3 is 2.62 bits per heavy atom. The summed E-state index contributed by atoms with van der Waals surface area (Å²) in [4.78, 5) is 16.7. The SMILES string of the molecule is CN(C)CCN(Cc1ccccc1)C(=O)CC1CCCN1. The maximum atomic E-state index is 12.6. The van der Waals surface area contributed by atoms with Crippen molar-refractivity contribution in [3.05, 3.63) is 35.9 Å². The number of nitrogens with zero attached hydrogens (tertiary/aromatic N) is 2. The topological polar surface area (TPSA) is 35.6 Å². The Morgan fingerprint density at radius 1 is 1.24 bits per heavy atom. The second-order valence-electron chi connectivity index (χ2n) is 6.10. The summed E-state index contributed by atoms with van der Waals surface area (Å²) in [6, 6.07) is 10.6. The van der Waals surface area contributed by atoms with Gasteiger partial charge in [0.05, 0.1) is 0 Å². The molecule has 4 nitrogen and oxygen atoms in total. The first kappa shape index (κ1) is 16.0. The Morgan fingerprint density at radius 2 is 2.00 bits per heavy atom. The number of benzene rings is 1. The second-order valence-corrected chi connectivity index (χ2v) is 6.10. The Labute approximate surface area is 128 Å². The van der Waals surface area contributed by atoms with Crippen LogP contribution in [0.5, 0.6) is 0 Å². The third-order valence-corrected chi connectivity index (χ3v) is 3.97. The zero-order valence-corrected chi connectivity index (χ0v) is 13.2. The van der Waals surface area contributed by atoms with Crippen LogP contribution >= 0.6 is 0 Å². The number of carbonyl (C=O) groups is 1. The third kappa shape index (κ3) is 5.48. The molecule has 116 valence electrons. The van der Waals surface area contributed by atoms with E-state index in [4.69, 9.17) is 0 Å². The molecule has 1 heterocycles. The number of amides is 1. The second kappa shape index (κ2) is 8.15. The van der Waals surface area contributed by atoms with Crippen molar-refractivity contribution >= 4 is 5.91 Å². The van der Waals surface area contributed by atoms with Gasteiger partial charge < -0.3 is 15.1 Å². The summed E-state index contributed by atoms with van der Waals surface area (Å²) in [5.74, 6) is 0.264. The molecule has 0 bridgehead atoms. The fourth-order valence-corrected chi connectivity index (χ4v) is 2.69. The van der Waals surface area contributed by atoms with Crippen LogP contribution in [0.2, 0.25) is 0 Å². The maximum Gasteiger partial charge on any atom is 0.224 e. The highest BCUT2D eigenvalue weighted by Gasteiger charge is 2.21. The van der Waals surface area contributed by atoms with Gasteiger partial charge >= 0.3 is 0 Å². The predicted octanol–water partition coefficient (Wildman–Crippen LogP) is 1.72. The molecule has 21 heavy (non-hydrogen) atoms. The van der Waals surface area contributed by atoms with Gasteiger partial charge in [0, 0.05) is 32.1 Å². The summed E-state index contributed by atoms with van der Waals surface area (Å²) >= 11 is 0. The van der Waals surface area contributed by atoms with Crippen molar-refractivity contribution in [2.45, 2.75) is 31.8 Å². The van der Waals surface area contributed by atoms with E-state index < -0.39 is 0 Å². The molecule has 1 N–H and O–H groups in total. The van der Waals surface area contributed by atoms with Crippen molar-refractivity contribution in [1.82, 2.24) is 15.1 Å². The molecule has 1 aliphatic heterocycles. The van der Waals surface area contributed by atoms with E-state index in [2.05, 4.69) is 22.3 Å². The molecule has 0 radical (unpaired) electrons. The van der Waals surface area contributed by atoms with Gasteiger partial charge in [0.25, 0.3) is 0 Å². The predicted molar refractivity (Wildman–Crippen MR) is 86.1 cm³/mol. The Kier molecular flexibility index (Phi) is 6.21. The van der Waals surface area contributed by atoms with Gasteiger partial charge in [0.2, 0.25) is 5.91 Å². The summed E-state index contributed by atoms with van der Waals surface area (Å²) in [6.07, 6.45) is 2.94. The van der Waals surface area contributed by atoms with Crippen molar-refractivity contribution in [3.8, 4) is 0 Å². The Balaban J connectivity index is 1.94. The van der Waals surface area contributed by atoms with Crippen LogP contribution in [-0.4, -0.2) is 55.5 Å². The van der Waals surface area contributed by atoms with Crippen molar-refractivity contribution in [3.63, 3.8) is 0 Å². The lowest BCUT2D eigenvalue weighted by Crippen LogP contribution is -2.39. The molecule has 1 aliphatic rings. The molecule has 1 unspecified atom stereocenters. The van der Waals surface area contributed by atoms with E-state index in [0.29, 0.717) is 19.0 Å². The third-order valence-electron chi connectivity index (χ3n) is 3.97. The zero-order valence-electron chi connectivity index (χ0n) is 13.2. The van der Waals surface area contributed by atoms with E-state index in [9.17, 15) is 4.79 Å². The van der Waals surface area contributed by atoms with E-state index in [1.54, 1.807) is 0 Å². The van der Waals surface area contributed by atoms with Crippen LogP contribution in [0, 0.1) is 0 Å². The summed E-state index contributed by atoms with van der Waals surface area (Å²) in [7, 11) is 4.09. The Hall–Kier alpha value is -1.39.